The Kier molecular flexibility index (Phi) is 8.18. The Morgan fingerprint density at radius 2 is 1.35 bits per heavy atom. The standard InChI is InChI=1S/C22H16Cl3N5O/c23-17-9-5-15(6-10-17)13-26-29-22(28-21(31)19-3-1-2-4-20(19)25)30-27-14-16-7-11-18(24)12-8-16/h1-14H,(H2,28,29,30,31). The molecule has 0 aromatic heterocycles. The predicted molar refractivity (Wildman–Crippen MR) is 128 cm³/mol. The molecule has 0 radical (unpaired) electrons. The second-order valence-corrected chi connectivity index (χ2v) is 7.38. The van der Waals surface area contributed by atoms with Gasteiger partial charge in [-0.15, -0.1) is 5.10 Å². The number of benzene rings is 3. The van der Waals surface area contributed by atoms with Crippen LogP contribution in [0.3, 0.4) is 0 Å². The zero-order chi connectivity index (χ0) is 22.1. The van der Waals surface area contributed by atoms with Crippen molar-refractivity contribution in [3.8, 4) is 0 Å². The van der Waals surface area contributed by atoms with Crippen LogP contribution in [0.2, 0.25) is 15.1 Å². The van der Waals surface area contributed by atoms with Crippen molar-refractivity contribution in [3.05, 3.63) is 105 Å². The minimum absolute atomic E-state index is 0.0142. The average Bonchev–Trinajstić information content (AvgIpc) is 2.76. The molecule has 2 N–H and O–H groups in total. The fourth-order valence-corrected chi connectivity index (χ4v) is 2.79. The Labute approximate surface area is 194 Å². The zero-order valence-corrected chi connectivity index (χ0v) is 18.2. The molecule has 0 fully saturated rings. The monoisotopic (exact) mass is 471 g/mol. The third-order valence-electron chi connectivity index (χ3n) is 3.84. The van der Waals surface area contributed by atoms with E-state index in [0.29, 0.717) is 20.6 Å². The fourth-order valence-electron chi connectivity index (χ4n) is 2.31. The minimum atomic E-state index is -0.458. The van der Waals surface area contributed by atoms with Crippen molar-refractivity contribution < 1.29 is 4.79 Å². The van der Waals surface area contributed by atoms with Gasteiger partial charge in [0.1, 0.15) is 0 Å². The Hall–Kier alpha value is -3.19. The summed E-state index contributed by atoms with van der Waals surface area (Å²) in [5.41, 5.74) is 4.56. The molecule has 0 spiro atoms. The largest absolute Gasteiger partial charge is 0.289 e. The van der Waals surface area contributed by atoms with E-state index in [0.717, 1.165) is 11.1 Å². The van der Waals surface area contributed by atoms with Gasteiger partial charge in [0.15, 0.2) is 0 Å². The SMILES string of the molecule is O=C(NC(=NN=Cc1ccc(Cl)cc1)NN=Cc1ccc(Cl)cc1)c1ccccc1Cl. The lowest BCUT2D eigenvalue weighted by molar-refractivity contribution is 0.0976. The number of amides is 1. The molecular weight excluding hydrogens is 457 g/mol. The Bertz CT molecular complexity index is 1130. The number of hydrazone groups is 1. The van der Waals surface area contributed by atoms with E-state index >= 15 is 0 Å². The maximum atomic E-state index is 12.6. The molecule has 0 bridgehead atoms. The number of rotatable bonds is 5. The molecule has 0 unspecified atom stereocenters. The van der Waals surface area contributed by atoms with Crippen molar-refractivity contribution in [2.75, 3.05) is 0 Å². The first-order valence-corrected chi connectivity index (χ1v) is 10.1. The molecule has 9 heteroatoms. The van der Waals surface area contributed by atoms with Gasteiger partial charge >= 0.3 is 0 Å². The van der Waals surface area contributed by atoms with Gasteiger partial charge in [-0.3, -0.25) is 10.1 Å². The van der Waals surface area contributed by atoms with Crippen molar-refractivity contribution in [2.24, 2.45) is 15.3 Å². The second-order valence-electron chi connectivity index (χ2n) is 6.10. The van der Waals surface area contributed by atoms with Crippen LogP contribution in [0.5, 0.6) is 0 Å². The van der Waals surface area contributed by atoms with E-state index in [1.807, 2.05) is 0 Å². The Balaban J connectivity index is 1.76. The number of guanidine groups is 1. The quantitative estimate of drug-likeness (QED) is 0.297. The van der Waals surface area contributed by atoms with E-state index in [4.69, 9.17) is 34.8 Å². The predicted octanol–water partition coefficient (Wildman–Crippen LogP) is 5.39. The molecule has 31 heavy (non-hydrogen) atoms. The molecule has 0 saturated heterocycles. The van der Waals surface area contributed by atoms with Crippen LogP contribution in [0.1, 0.15) is 21.5 Å². The molecule has 0 atom stereocenters. The van der Waals surface area contributed by atoms with Crippen molar-refractivity contribution in [3.63, 3.8) is 0 Å². The smallest absolute Gasteiger partial charge is 0.259 e. The van der Waals surface area contributed by atoms with Crippen LogP contribution in [0.4, 0.5) is 0 Å². The summed E-state index contributed by atoms with van der Waals surface area (Å²) in [6.45, 7) is 0. The van der Waals surface area contributed by atoms with Crippen LogP contribution in [0, 0.1) is 0 Å². The van der Waals surface area contributed by atoms with Gasteiger partial charge in [0.2, 0.25) is 5.96 Å². The summed E-state index contributed by atoms with van der Waals surface area (Å²) in [6, 6.07) is 20.8. The molecule has 1 amide bonds. The fraction of sp³-hybridized carbons (Fsp3) is 0. The van der Waals surface area contributed by atoms with Crippen LogP contribution < -0.4 is 10.7 Å². The topological polar surface area (TPSA) is 78.2 Å². The molecule has 0 aliphatic rings. The van der Waals surface area contributed by atoms with Crippen LogP contribution in [0.15, 0.2) is 88.1 Å². The van der Waals surface area contributed by atoms with Gasteiger partial charge in [-0.2, -0.15) is 10.2 Å². The highest BCUT2D eigenvalue weighted by Gasteiger charge is 2.11. The van der Waals surface area contributed by atoms with Crippen LogP contribution in [-0.2, 0) is 0 Å². The van der Waals surface area contributed by atoms with E-state index in [-0.39, 0.29) is 5.96 Å². The highest BCUT2D eigenvalue weighted by atomic mass is 35.5. The van der Waals surface area contributed by atoms with E-state index in [2.05, 4.69) is 26.0 Å². The first-order valence-electron chi connectivity index (χ1n) is 8.98. The molecule has 6 nitrogen and oxygen atoms in total. The maximum Gasteiger partial charge on any atom is 0.259 e. The lowest BCUT2D eigenvalue weighted by Crippen LogP contribution is -2.38. The second kappa shape index (κ2) is 11.3. The number of carbonyl (C=O) groups excluding carboxylic acids is 1. The molecule has 3 rings (SSSR count). The molecule has 3 aromatic rings. The summed E-state index contributed by atoms with van der Waals surface area (Å²) in [4.78, 5) is 12.6. The zero-order valence-electron chi connectivity index (χ0n) is 16.0. The Morgan fingerprint density at radius 3 is 1.97 bits per heavy atom. The highest BCUT2D eigenvalue weighted by molar-refractivity contribution is 6.34. The van der Waals surface area contributed by atoms with E-state index in [1.54, 1.807) is 79.0 Å². The van der Waals surface area contributed by atoms with Gasteiger partial charge in [0.05, 0.1) is 23.0 Å². The summed E-state index contributed by atoms with van der Waals surface area (Å²) < 4.78 is 0. The first-order chi connectivity index (χ1) is 15.0. The van der Waals surface area contributed by atoms with Gasteiger partial charge in [-0.05, 0) is 47.5 Å². The number of hydrogen-bond donors (Lipinski definition) is 2. The molecule has 156 valence electrons. The molecule has 3 aromatic carbocycles. The van der Waals surface area contributed by atoms with E-state index in [1.165, 1.54) is 6.21 Å². The first kappa shape index (κ1) is 22.5. The summed E-state index contributed by atoms with van der Waals surface area (Å²) in [5.74, 6) is -0.444. The summed E-state index contributed by atoms with van der Waals surface area (Å²) in [6.07, 6.45) is 3.07. The molecule has 0 aliphatic heterocycles. The van der Waals surface area contributed by atoms with Crippen molar-refractivity contribution >= 4 is 59.1 Å². The number of nitrogens with one attached hydrogen (secondary N) is 2. The Morgan fingerprint density at radius 1 is 0.774 bits per heavy atom. The van der Waals surface area contributed by atoms with Gasteiger partial charge < -0.3 is 0 Å². The number of hydrogen-bond acceptors (Lipinski definition) is 4. The normalized spacial score (nSPS) is 11.8. The summed E-state index contributed by atoms with van der Waals surface area (Å²) in [7, 11) is 0. The van der Waals surface area contributed by atoms with E-state index < -0.39 is 5.91 Å². The lowest BCUT2D eigenvalue weighted by atomic mass is 10.2. The van der Waals surface area contributed by atoms with Gasteiger partial charge in [-0.1, -0.05) is 71.2 Å². The molecule has 0 aliphatic carbocycles. The van der Waals surface area contributed by atoms with Crippen LogP contribution in [-0.4, -0.2) is 24.3 Å². The van der Waals surface area contributed by atoms with Crippen molar-refractivity contribution in [1.82, 2.24) is 10.7 Å². The average molecular weight is 473 g/mol. The van der Waals surface area contributed by atoms with Gasteiger partial charge in [0.25, 0.3) is 5.91 Å². The number of carbonyl (C=O) groups is 1. The number of nitrogens with zero attached hydrogens (tertiary/aromatic N) is 3. The van der Waals surface area contributed by atoms with Crippen LogP contribution >= 0.6 is 34.8 Å². The summed E-state index contributed by atoms with van der Waals surface area (Å²) >= 11 is 17.9. The maximum absolute atomic E-state index is 12.6. The minimum Gasteiger partial charge on any atom is -0.289 e. The lowest BCUT2D eigenvalue weighted by Gasteiger charge is -2.07. The van der Waals surface area contributed by atoms with Gasteiger partial charge in [-0.25, -0.2) is 5.43 Å². The third kappa shape index (κ3) is 7.22. The highest BCUT2D eigenvalue weighted by Crippen LogP contribution is 2.14. The van der Waals surface area contributed by atoms with Crippen molar-refractivity contribution in [1.29, 1.82) is 0 Å². The van der Waals surface area contributed by atoms with Crippen LogP contribution in [0.25, 0.3) is 0 Å². The van der Waals surface area contributed by atoms with Gasteiger partial charge in [0, 0.05) is 10.0 Å². The van der Waals surface area contributed by atoms with Crippen molar-refractivity contribution in [2.45, 2.75) is 0 Å². The molecular formula is C22H16Cl3N5O. The summed E-state index contributed by atoms with van der Waals surface area (Å²) in [5, 5.41) is 16.3. The third-order valence-corrected chi connectivity index (χ3v) is 4.67. The molecule has 0 heterocycles. The van der Waals surface area contributed by atoms with E-state index in [9.17, 15) is 4.79 Å². The molecule has 0 saturated carbocycles. The number of halogens is 3.